The fraction of sp³-hybridized carbons (Fsp3) is 0.667. The fourth-order valence-corrected chi connectivity index (χ4v) is 2.95. The van der Waals surface area contributed by atoms with Crippen molar-refractivity contribution in [3.05, 3.63) is 16.4 Å². The maximum Gasteiger partial charge on any atom is 0.410 e. The molecule has 1 aliphatic heterocycles. The zero-order valence-corrected chi connectivity index (χ0v) is 15.7. The van der Waals surface area contributed by atoms with Gasteiger partial charge >= 0.3 is 6.09 Å². The van der Waals surface area contributed by atoms with E-state index >= 15 is 0 Å². The van der Waals surface area contributed by atoms with E-state index in [1.54, 1.807) is 11.0 Å². The molecule has 2 rings (SSSR count). The number of anilines is 1. The van der Waals surface area contributed by atoms with E-state index in [4.69, 9.17) is 27.9 Å². The number of hydrogen-bond donors (Lipinski definition) is 1. The molecule has 0 saturated carbocycles. The lowest BCUT2D eigenvalue weighted by molar-refractivity contribution is 0.0103. The Morgan fingerprint density at radius 2 is 2.04 bits per heavy atom. The van der Waals surface area contributed by atoms with Crippen molar-refractivity contribution in [3.63, 3.8) is 0 Å². The molecular formula is C15H22Cl2N4O3. The molecule has 1 saturated heterocycles. The highest BCUT2D eigenvalue weighted by molar-refractivity contribution is 6.33. The van der Waals surface area contributed by atoms with Gasteiger partial charge in [-0.2, -0.15) is 0 Å². The molecule has 9 heteroatoms. The molecular weight excluding hydrogens is 355 g/mol. The number of ether oxygens (including phenoxy) is 1. The molecule has 0 spiro atoms. The van der Waals surface area contributed by atoms with E-state index in [0.717, 1.165) is 0 Å². The van der Waals surface area contributed by atoms with Crippen molar-refractivity contribution in [2.45, 2.75) is 45.4 Å². The summed E-state index contributed by atoms with van der Waals surface area (Å²) in [7, 11) is 0. The maximum absolute atomic E-state index is 12.4. The third kappa shape index (κ3) is 4.40. The number of carbonyl (C=O) groups is 1. The number of carbonyl (C=O) groups excluding carboxylic acids is 1. The Balaban J connectivity index is 2.22. The summed E-state index contributed by atoms with van der Waals surface area (Å²) in [5.41, 5.74) is 0.0144. The number of rotatable bonds is 2. The van der Waals surface area contributed by atoms with Gasteiger partial charge in [0, 0.05) is 25.2 Å². The SMILES string of the molecule is C[C@H]1CN(c2cc(Cl)nnc2Cl)[C@@H](CO)CN1C(=O)OC(C)(C)C. The summed E-state index contributed by atoms with van der Waals surface area (Å²) in [6.07, 6.45) is -0.398. The van der Waals surface area contributed by atoms with E-state index in [2.05, 4.69) is 10.2 Å². The van der Waals surface area contributed by atoms with Crippen LogP contribution in [0.4, 0.5) is 10.5 Å². The van der Waals surface area contributed by atoms with E-state index < -0.39 is 11.7 Å². The first-order valence-corrected chi connectivity index (χ1v) is 8.44. The van der Waals surface area contributed by atoms with Gasteiger partial charge in [-0.25, -0.2) is 4.79 Å². The lowest BCUT2D eigenvalue weighted by Gasteiger charge is -2.45. The third-order valence-corrected chi connectivity index (χ3v) is 4.14. The van der Waals surface area contributed by atoms with Gasteiger partial charge in [-0.3, -0.25) is 0 Å². The molecule has 2 heterocycles. The van der Waals surface area contributed by atoms with Gasteiger partial charge in [0.05, 0.1) is 18.3 Å². The van der Waals surface area contributed by atoms with Crippen LogP contribution in [0.3, 0.4) is 0 Å². The zero-order chi connectivity index (χ0) is 18.1. The minimum absolute atomic E-state index is 0.134. The Morgan fingerprint density at radius 3 is 2.62 bits per heavy atom. The normalized spacial score (nSPS) is 21.8. The Labute approximate surface area is 151 Å². The topological polar surface area (TPSA) is 78.8 Å². The third-order valence-electron chi connectivity index (χ3n) is 3.69. The van der Waals surface area contributed by atoms with Gasteiger partial charge in [0.15, 0.2) is 10.3 Å². The molecule has 0 aromatic carbocycles. The fourth-order valence-electron chi connectivity index (χ4n) is 2.61. The number of amides is 1. The number of aliphatic hydroxyl groups excluding tert-OH is 1. The lowest BCUT2D eigenvalue weighted by atomic mass is 10.1. The first-order chi connectivity index (χ1) is 11.1. The highest BCUT2D eigenvalue weighted by Crippen LogP contribution is 2.30. The second-order valence-corrected chi connectivity index (χ2v) is 7.56. The van der Waals surface area contributed by atoms with Crippen molar-refractivity contribution in [1.82, 2.24) is 15.1 Å². The number of hydrogen-bond acceptors (Lipinski definition) is 6. The van der Waals surface area contributed by atoms with Crippen molar-refractivity contribution < 1.29 is 14.6 Å². The molecule has 0 aliphatic carbocycles. The van der Waals surface area contributed by atoms with Gasteiger partial charge in [-0.15, -0.1) is 10.2 Å². The van der Waals surface area contributed by atoms with Gasteiger partial charge < -0.3 is 19.6 Å². The summed E-state index contributed by atoms with van der Waals surface area (Å²) in [5, 5.41) is 17.7. The molecule has 24 heavy (non-hydrogen) atoms. The van der Waals surface area contributed by atoms with Gasteiger partial charge in [-0.1, -0.05) is 23.2 Å². The molecule has 1 aromatic rings. The maximum atomic E-state index is 12.4. The predicted octanol–water partition coefficient (Wildman–Crippen LogP) is 2.59. The van der Waals surface area contributed by atoms with Crippen LogP contribution in [0.25, 0.3) is 0 Å². The smallest absolute Gasteiger partial charge is 0.410 e. The van der Waals surface area contributed by atoms with Crippen LogP contribution in [-0.4, -0.2) is 63.7 Å². The summed E-state index contributed by atoms with van der Waals surface area (Å²) in [5.74, 6) is 0. The highest BCUT2D eigenvalue weighted by Gasteiger charge is 2.37. The van der Waals surface area contributed by atoms with Crippen LogP contribution in [-0.2, 0) is 4.74 Å². The molecule has 1 aliphatic rings. The van der Waals surface area contributed by atoms with Gasteiger partial charge in [-0.05, 0) is 27.7 Å². The molecule has 1 N–H and O–H groups in total. The molecule has 1 aromatic heterocycles. The number of halogens is 2. The van der Waals surface area contributed by atoms with Crippen molar-refractivity contribution in [2.24, 2.45) is 0 Å². The molecule has 1 fully saturated rings. The minimum atomic E-state index is -0.575. The molecule has 0 bridgehead atoms. The van der Waals surface area contributed by atoms with Gasteiger partial charge in [0.1, 0.15) is 5.60 Å². The zero-order valence-electron chi connectivity index (χ0n) is 14.2. The Morgan fingerprint density at radius 1 is 1.38 bits per heavy atom. The Kier molecular flexibility index (Phi) is 5.78. The highest BCUT2D eigenvalue weighted by atomic mass is 35.5. The first-order valence-electron chi connectivity index (χ1n) is 7.68. The largest absolute Gasteiger partial charge is 0.444 e. The van der Waals surface area contributed by atoms with Gasteiger partial charge in [0.2, 0.25) is 0 Å². The van der Waals surface area contributed by atoms with Crippen LogP contribution in [0.2, 0.25) is 10.3 Å². The summed E-state index contributed by atoms with van der Waals surface area (Å²) in [4.78, 5) is 15.9. The summed E-state index contributed by atoms with van der Waals surface area (Å²) in [6.45, 7) is 7.99. The molecule has 0 radical (unpaired) electrons. The Hall–Kier alpha value is -1.31. The van der Waals surface area contributed by atoms with Crippen molar-refractivity contribution in [1.29, 1.82) is 0 Å². The molecule has 134 valence electrons. The Bertz CT molecular complexity index is 609. The van der Waals surface area contributed by atoms with Gasteiger partial charge in [0.25, 0.3) is 0 Å². The lowest BCUT2D eigenvalue weighted by Crippen LogP contribution is -2.61. The van der Waals surface area contributed by atoms with Crippen molar-refractivity contribution in [2.75, 3.05) is 24.6 Å². The van der Waals surface area contributed by atoms with E-state index in [0.29, 0.717) is 18.8 Å². The van der Waals surface area contributed by atoms with E-state index in [1.165, 1.54) is 0 Å². The number of aliphatic hydroxyl groups is 1. The van der Waals surface area contributed by atoms with Crippen LogP contribution in [0.5, 0.6) is 0 Å². The number of nitrogens with zero attached hydrogens (tertiary/aromatic N) is 4. The molecule has 0 unspecified atom stereocenters. The summed E-state index contributed by atoms with van der Waals surface area (Å²) < 4.78 is 5.44. The van der Waals surface area contributed by atoms with Crippen LogP contribution >= 0.6 is 23.2 Å². The second-order valence-electron chi connectivity index (χ2n) is 6.81. The summed E-state index contributed by atoms with van der Waals surface area (Å²) >= 11 is 12.0. The van der Waals surface area contributed by atoms with Crippen LogP contribution in [0, 0.1) is 0 Å². The molecule has 2 atom stereocenters. The van der Waals surface area contributed by atoms with E-state index in [-0.39, 0.29) is 29.0 Å². The van der Waals surface area contributed by atoms with Crippen molar-refractivity contribution >= 4 is 35.0 Å². The molecule has 7 nitrogen and oxygen atoms in total. The van der Waals surface area contributed by atoms with E-state index in [9.17, 15) is 9.90 Å². The average Bonchev–Trinajstić information content (AvgIpc) is 2.47. The standard InChI is InChI=1S/C15H22Cl2N4O3/c1-9-6-21(11-5-12(16)18-19-13(11)17)10(8-22)7-20(9)14(23)24-15(2,3)4/h5,9-10,22H,6-8H2,1-4H3/t9-,10+/m0/s1. The minimum Gasteiger partial charge on any atom is -0.444 e. The quantitative estimate of drug-likeness (QED) is 0.854. The number of aromatic nitrogens is 2. The average molecular weight is 377 g/mol. The predicted molar refractivity (Wildman–Crippen MR) is 92.7 cm³/mol. The first kappa shape index (κ1) is 19.0. The summed E-state index contributed by atoms with van der Waals surface area (Å²) in [6, 6.07) is 1.13. The van der Waals surface area contributed by atoms with E-state index in [1.807, 2.05) is 32.6 Å². The number of piperazine rings is 1. The monoisotopic (exact) mass is 376 g/mol. The van der Waals surface area contributed by atoms with Crippen LogP contribution in [0.15, 0.2) is 6.07 Å². The molecule has 1 amide bonds. The van der Waals surface area contributed by atoms with Crippen molar-refractivity contribution in [3.8, 4) is 0 Å². The van der Waals surface area contributed by atoms with Crippen LogP contribution < -0.4 is 4.90 Å². The second kappa shape index (κ2) is 7.29. The van der Waals surface area contributed by atoms with Crippen LogP contribution in [0.1, 0.15) is 27.7 Å².